The Labute approximate surface area is 206 Å². The van der Waals surface area contributed by atoms with E-state index in [1.54, 1.807) is 29.8 Å². The summed E-state index contributed by atoms with van der Waals surface area (Å²) in [6, 6.07) is 15.0. The van der Waals surface area contributed by atoms with Crippen LogP contribution in [0, 0.1) is 27.7 Å². The molecule has 2 N–H and O–H groups in total. The van der Waals surface area contributed by atoms with E-state index in [1.165, 1.54) is 10.9 Å². The second kappa shape index (κ2) is 9.14. The molecule has 0 aliphatic heterocycles. The minimum atomic E-state index is -0.374. The average Bonchev–Trinajstić information content (AvgIpc) is 3.44. The van der Waals surface area contributed by atoms with Gasteiger partial charge in [0.05, 0.1) is 17.6 Å². The van der Waals surface area contributed by atoms with Gasteiger partial charge >= 0.3 is 0 Å². The molecule has 0 bridgehead atoms. The first-order chi connectivity index (χ1) is 17.3. The number of carbonyl (C=O) groups excluding carboxylic acids is 1. The molecule has 10 heteroatoms. The minimum Gasteiger partial charge on any atom is -0.484 e. The summed E-state index contributed by atoms with van der Waals surface area (Å²) in [6.07, 6.45) is 1.49. The fourth-order valence-corrected chi connectivity index (χ4v) is 3.86. The molecule has 2 aromatic carbocycles. The van der Waals surface area contributed by atoms with Crippen LogP contribution in [-0.2, 0) is 4.79 Å². The number of nitrogens with one attached hydrogen (secondary N) is 2. The number of benzene rings is 2. The Morgan fingerprint density at radius 1 is 1.06 bits per heavy atom. The second-order valence-electron chi connectivity index (χ2n) is 8.63. The number of aromatic nitrogens is 6. The van der Waals surface area contributed by atoms with Crippen LogP contribution in [0.2, 0.25) is 0 Å². The second-order valence-corrected chi connectivity index (χ2v) is 8.63. The van der Waals surface area contributed by atoms with E-state index in [4.69, 9.17) is 4.74 Å². The van der Waals surface area contributed by atoms with Crippen LogP contribution in [-0.4, -0.2) is 42.0 Å². The van der Waals surface area contributed by atoms with Gasteiger partial charge in [-0.2, -0.15) is 19.9 Å². The van der Waals surface area contributed by atoms with E-state index in [1.807, 2.05) is 51.1 Å². The number of ether oxygens (including phenoxy) is 1. The summed E-state index contributed by atoms with van der Waals surface area (Å²) in [5.41, 5.74) is 4.71. The van der Waals surface area contributed by atoms with Crippen LogP contribution < -0.4 is 15.6 Å². The van der Waals surface area contributed by atoms with Gasteiger partial charge in [-0.1, -0.05) is 29.8 Å². The third kappa shape index (κ3) is 4.36. The van der Waals surface area contributed by atoms with Crippen molar-refractivity contribution in [2.24, 2.45) is 0 Å². The fraction of sp³-hybridized carbons (Fsp3) is 0.192. The molecular weight excluding hydrogens is 458 g/mol. The smallest absolute Gasteiger partial charge is 0.263 e. The lowest BCUT2D eigenvalue weighted by Crippen LogP contribution is -2.23. The minimum absolute atomic E-state index is 0.155. The monoisotopic (exact) mass is 483 g/mol. The van der Waals surface area contributed by atoms with Gasteiger partial charge in [-0.3, -0.25) is 14.6 Å². The first-order valence-corrected chi connectivity index (χ1v) is 11.4. The number of fused-ring (bicyclic) bond motifs is 1. The number of hydrogen-bond donors (Lipinski definition) is 2. The van der Waals surface area contributed by atoms with Gasteiger partial charge in [0.25, 0.3) is 11.5 Å². The van der Waals surface area contributed by atoms with Crippen LogP contribution in [0.4, 0.5) is 5.82 Å². The molecule has 10 nitrogen and oxygen atoms in total. The van der Waals surface area contributed by atoms with E-state index in [9.17, 15) is 9.59 Å². The van der Waals surface area contributed by atoms with Crippen LogP contribution in [0.1, 0.15) is 22.4 Å². The standard InChI is InChI=1S/C26H25N7O3/c1-15-8-10-19(11-9-15)36-14-23(34)28-22-12-17(3)31-33(22)26-29-24-20(25(35)30-26)13-27-32(24)21-7-5-6-16(2)18(21)4/h5-13H,14H2,1-4H3,(H,28,34)(H,29,30,35). The molecule has 182 valence electrons. The van der Waals surface area contributed by atoms with Gasteiger partial charge in [0.1, 0.15) is 17.0 Å². The lowest BCUT2D eigenvalue weighted by Gasteiger charge is -2.11. The van der Waals surface area contributed by atoms with E-state index < -0.39 is 0 Å². The Morgan fingerprint density at radius 3 is 2.61 bits per heavy atom. The summed E-state index contributed by atoms with van der Waals surface area (Å²) in [5, 5.41) is 12.0. The Morgan fingerprint density at radius 2 is 1.83 bits per heavy atom. The van der Waals surface area contributed by atoms with E-state index in [-0.39, 0.29) is 24.0 Å². The predicted molar refractivity (Wildman–Crippen MR) is 136 cm³/mol. The highest BCUT2D eigenvalue weighted by molar-refractivity contribution is 5.91. The number of H-pyrrole nitrogens is 1. The number of amides is 1. The molecular formula is C26H25N7O3. The summed E-state index contributed by atoms with van der Waals surface area (Å²) in [7, 11) is 0. The topological polar surface area (TPSA) is 120 Å². The maximum atomic E-state index is 12.9. The normalized spacial score (nSPS) is 11.1. The number of hydrogen-bond acceptors (Lipinski definition) is 6. The van der Waals surface area contributed by atoms with Crippen molar-refractivity contribution in [1.29, 1.82) is 0 Å². The molecule has 0 radical (unpaired) electrons. The molecule has 0 fully saturated rings. The number of rotatable bonds is 6. The van der Waals surface area contributed by atoms with Gasteiger partial charge in [-0.25, -0.2) is 4.68 Å². The Balaban J connectivity index is 1.47. The average molecular weight is 484 g/mol. The number of nitrogens with zero attached hydrogens (tertiary/aromatic N) is 5. The highest BCUT2D eigenvalue weighted by Crippen LogP contribution is 2.21. The molecule has 0 unspecified atom stereocenters. The van der Waals surface area contributed by atoms with Crippen LogP contribution in [0.25, 0.3) is 22.7 Å². The first-order valence-electron chi connectivity index (χ1n) is 11.4. The molecule has 5 aromatic rings. The lowest BCUT2D eigenvalue weighted by atomic mass is 10.1. The molecule has 0 spiro atoms. The predicted octanol–water partition coefficient (Wildman–Crippen LogP) is 3.55. The van der Waals surface area contributed by atoms with Crippen molar-refractivity contribution in [3.63, 3.8) is 0 Å². The first kappa shape index (κ1) is 23.0. The number of aromatic amines is 1. The zero-order chi connectivity index (χ0) is 25.4. The molecule has 0 atom stereocenters. The molecule has 36 heavy (non-hydrogen) atoms. The van der Waals surface area contributed by atoms with Crippen molar-refractivity contribution in [1.82, 2.24) is 29.5 Å². The van der Waals surface area contributed by atoms with E-state index in [0.29, 0.717) is 28.3 Å². The van der Waals surface area contributed by atoms with Crippen molar-refractivity contribution in [3.8, 4) is 17.4 Å². The van der Waals surface area contributed by atoms with Crippen molar-refractivity contribution in [3.05, 3.63) is 87.5 Å². The van der Waals surface area contributed by atoms with Gasteiger partial charge in [-0.05, 0) is 57.0 Å². The van der Waals surface area contributed by atoms with Crippen molar-refractivity contribution >= 4 is 22.8 Å². The highest BCUT2D eigenvalue weighted by atomic mass is 16.5. The largest absolute Gasteiger partial charge is 0.484 e. The summed E-state index contributed by atoms with van der Waals surface area (Å²) in [5.74, 6) is 0.727. The van der Waals surface area contributed by atoms with Crippen LogP contribution in [0.5, 0.6) is 5.75 Å². The van der Waals surface area contributed by atoms with Crippen molar-refractivity contribution in [2.75, 3.05) is 11.9 Å². The third-order valence-corrected chi connectivity index (χ3v) is 5.92. The highest BCUT2D eigenvalue weighted by Gasteiger charge is 2.18. The van der Waals surface area contributed by atoms with Gasteiger partial charge in [0, 0.05) is 6.07 Å². The number of carbonyl (C=O) groups is 1. The molecule has 0 saturated carbocycles. The number of anilines is 1. The van der Waals surface area contributed by atoms with Crippen LogP contribution in [0.15, 0.2) is 59.5 Å². The van der Waals surface area contributed by atoms with E-state index in [2.05, 4.69) is 25.5 Å². The Bertz CT molecular complexity index is 1640. The summed E-state index contributed by atoms with van der Waals surface area (Å²) in [4.78, 5) is 32.9. The molecule has 0 aliphatic carbocycles. The lowest BCUT2D eigenvalue weighted by molar-refractivity contribution is -0.118. The van der Waals surface area contributed by atoms with Gasteiger partial charge in [0.15, 0.2) is 12.3 Å². The Hall–Kier alpha value is -4.73. The quantitative estimate of drug-likeness (QED) is 0.381. The van der Waals surface area contributed by atoms with E-state index in [0.717, 1.165) is 22.4 Å². The van der Waals surface area contributed by atoms with Crippen molar-refractivity contribution < 1.29 is 9.53 Å². The van der Waals surface area contributed by atoms with Crippen molar-refractivity contribution in [2.45, 2.75) is 27.7 Å². The fourth-order valence-electron chi connectivity index (χ4n) is 3.86. The molecule has 5 rings (SSSR count). The van der Waals surface area contributed by atoms with E-state index >= 15 is 0 Å². The maximum absolute atomic E-state index is 12.9. The summed E-state index contributed by atoms with van der Waals surface area (Å²) < 4.78 is 8.60. The van der Waals surface area contributed by atoms with Crippen LogP contribution in [0.3, 0.4) is 0 Å². The van der Waals surface area contributed by atoms with Crippen LogP contribution >= 0.6 is 0 Å². The third-order valence-electron chi connectivity index (χ3n) is 5.92. The summed E-state index contributed by atoms with van der Waals surface area (Å²) >= 11 is 0. The summed E-state index contributed by atoms with van der Waals surface area (Å²) in [6.45, 7) is 7.59. The van der Waals surface area contributed by atoms with Gasteiger partial charge in [0.2, 0.25) is 5.95 Å². The number of aryl methyl sites for hydroxylation is 3. The van der Waals surface area contributed by atoms with Gasteiger partial charge < -0.3 is 10.1 Å². The SMILES string of the molecule is Cc1ccc(OCC(=O)Nc2cc(C)nn2-c2nc3c(cnn3-c3cccc(C)c3C)c(=O)[nH]2)cc1. The molecule has 0 aliphatic rings. The molecule has 3 aromatic heterocycles. The molecule has 1 amide bonds. The Kier molecular flexibility index (Phi) is 5.85. The molecule has 3 heterocycles. The zero-order valence-electron chi connectivity index (χ0n) is 20.4. The zero-order valence-corrected chi connectivity index (χ0v) is 20.4. The maximum Gasteiger partial charge on any atom is 0.263 e. The molecule has 0 saturated heterocycles. The van der Waals surface area contributed by atoms with Gasteiger partial charge in [-0.15, -0.1) is 0 Å².